The smallest absolute Gasteiger partial charge is 0.276 e. The molecule has 1 aliphatic heterocycles. The van der Waals surface area contributed by atoms with Crippen LogP contribution in [0, 0.1) is 0 Å². The first-order valence-electron chi connectivity index (χ1n) is 9.43. The Labute approximate surface area is 164 Å². The number of anilines is 1. The maximum atomic E-state index is 12.6. The summed E-state index contributed by atoms with van der Waals surface area (Å²) in [6.07, 6.45) is 0. The molecule has 1 amide bonds. The summed E-state index contributed by atoms with van der Waals surface area (Å²) >= 11 is 0. The number of hydrogen-bond acceptors (Lipinski definition) is 6. The number of hydrogen-bond donors (Lipinski definition) is 1. The number of aromatic nitrogens is 2. The van der Waals surface area contributed by atoms with E-state index < -0.39 is 0 Å². The molecule has 3 rings (SSSR count). The molecule has 1 saturated heterocycles. The van der Waals surface area contributed by atoms with Crippen molar-refractivity contribution in [3.8, 4) is 0 Å². The zero-order valence-corrected chi connectivity index (χ0v) is 16.4. The number of amides is 1. The van der Waals surface area contributed by atoms with Gasteiger partial charge in [-0.3, -0.25) is 14.5 Å². The van der Waals surface area contributed by atoms with Gasteiger partial charge in [0.15, 0.2) is 0 Å². The van der Waals surface area contributed by atoms with Crippen molar-refractivity contribution >= 4 is 11.6 Å². The minimum absolute atomic E-state index is 0.195. The van der Waals surface area contributed by atoms with Crippen LogP contribution in [0.1, 0.15) is 16.1 Å². The minimum Gasteiger partial charge on any atom is -0.383 e. The molecule has 1 aromatic heterocycles. The molecule has 1 aromatic carbocycles. The van der Waals surface area contributed by atoms with Crippen LogP contribution in [0.25, 0.3) is 0 Å². The number of likely N-dealkylation sites (N-methyl/N-ethyl adjacent to an activating group) is 1. The van der Waals surface area contributed by atoms with Crippen LogP contribution in [0.4, 0.5) is 5.69 Å². The molecule has 2 heterocycles. The number of methoxy groups -OCH3 is 1. The first-order valence-corrected chi connectivity index (χ1v) is 9.43. The highest BCUT2D eigenvalue weighted by Crippen LogP contribution is 2.14. The standard InChI is InChI=1S/C20H27N5O3/c1-23-8-10-24(11-9-23)15-16-4-3-5-17(14-16)21-20(27)18-6-7-19(26)25(22-18)12-13-28-2/h3-7,14H,8-13,15H2,1-2H3,(H,21,27). The number of nitrogens with one attached hydrogen (secondary N) is 1. The number of nitrogens with zero attached hydrogens (tertiary/aromatic N) is 4. The molecule has 0 unspecified atom stereocenters. The van der Waals surface area contributed by atoms with E-state index in [2.05, 4.69) is 33.3 Å². The zero-order chi connectivity index (χ0) is 19.9. The second kappa shape index (κ2) is 9.59. The summed E-state index contributed by atoms with van der Waals surface area (Å²) in [5, 5.41) is 7.00. The molecular formula is C20H27N5O3. The molecule has 8 nitrogen and oxygen atoms in total. The van der Waals surface area contributed by atoms with Crippen LogP contribution in [0.15, 0.2) is 41.2 Å². The molecule has 0 spiro atoms. The van der Waals surface area contributed by atoms with Crippen LogP contribution in [0.5, 0.6) is 0 Å². The lowest BCUT2D eigenvalue weighted by Gasteiger charge is -2.32. The molecule has 0 saturated carbocycles. The second-order valence-corrected chi connectivity index (χ2v) is 7.01. The number of rotatable bonds is 7. The highest BCUT2D eigenvalue weighted by Gasteiger charge is 2.15. The molecule has 150 valence electrons. The van der Waals surface area contributed by atoms with Gasteiger partial charge in [0.2, 0.25) is 0 Å². The third kappa shape index (κ3) is 5.48. The minimum atomic E-state index is -0.345. The molecular weight excluding hydrogens is 358 g/mol. The van der Waals surface area contributed by atoms with Gasteiger partial charge in [0.1, 0.15) is 5.69 Å². The van der Waals surface area contributed by atoms with E-state index in [4.69, 9.17) is 4.74 Å². The quantitative estimate of drug-likeness (QED) is 0.763. The van der Waals surface area contributed by atoms with Gasteiger partial charge in [-0.2, -0.15) is 5.10 Å². The zero-order valence-electron chi connectivity index (χ0n) is 16.4. The number of carbonyl (C=O) groups is 1. The lowest BCUT2D eigenvalue weighted by atomic mass is 10.1. The lowest BCUT2D eigenvalue weighted by molar-refractivity contribution is 0.101. The highest BCUT2D eigenvalue weighted by molar-refractivity contribution is 6.02. The SMILES string of the molecule is COCCn1nc(C(=O)Nc2cccc(CN3CCN(C)CC3)c2)ccc1=O. The van der Waals surface area contributed by atoms with Crippen LogP contribution in [-0.2, 0) is 17.8 Å². The fraction of sp³-hybridized carbons (Fsp3) is 0.450. The summed E-state index contributed by atoms with van der Waals surface area (Å²) in [6.45, 7) is 5.74. The second-order valence-electron chi connectivity index (χ2n) is 7.01. The summed E-state index contributed by atoms with van der Waals surface area (Å²) < 4.78 is 6.21. The fourth-order valence-electron chi connectivity index (χ4n) is 3.11. The summed E-state index contributed by atoms with van der Waals surface area (Å²) in [5.41, 5.74) is 1.80. The van der Waals surface area contributed by atoms with Crippen molar-refractivity contribution in [2.75, 3.05) is 52.3 Å². The van der Waals surface area contributed by atoms with E-state index in [0.717, 1.165) is 38.3 Å². The maximum Gasteiger partial charge on any atom is 0.276 e. The molecule has 28 heavy (non-hydrogen) atoms. The van der Waals surface area contributed by atoms with E-state index in [1.807, 2.05) is 18.2 Å². The first kappa shape index (κ1) is 20.2. The van der Waals surface area contributed by atoms with Crippen molar-refractivity contribution in [2.45, 2.75) is 13.1 Å². The van der Waals surface area contributed by atoms with Crippen LogP contribution >= 0.6 is 0 Å². The summed E-state index contributed by atoms with van der Waals surface area (Å²) in [7, 11) is 3.69. The number of ether oxygens (including phenoxy) is 1. The van der Waals surface area contributed by atoms with Gasteiger partial charge in [0.05, 0.1) is 13.2 Å². The van der Waals surface area contributed by atoms with E-state index in [1.165, 1.54) is 16.8 Å². The molecule has 1 aliphatic rings. The van der Waals surface area contributed by atoms with Crippen LogP contribution in [0.3, 0.4) is 0 Å². The number of piperazine rings is 1. The summed E-state index contributed by atoms with van der Waals surface area (Å²) in [4.78, 5) is 29.1. The Bertz CT molecular complexity index is 859. The predicted molar refractivity (Wildman–Crippen MR) is 108 cm³/mol. The molecule has 0 aliphatic carbocycles. The Kier molecular flexibility index (Phi) is 6.91. The van der Waals surface area contributed by atoms with Crippen molar-refractivity contribution < 1.29 is 9.53 Å². The van der Waals surface area contributed by atoms with Gasteiger partial charge in [-0.1, -0.05) is 12.1 Å². The van der Waals surface area contributed by atoms with E-state index >= 15 is 0 Å². The van der Waals surface area contributed by atoms with E-state index in [0.29, 0.717) is 18.8 Å². The summed E-state index contributed by atoms with van der Waals surface area (Å²) in [6, 6.07) is 10.6. The maximum absolute atomic E-state index is 12.6. The molecule has 8 heteroatoms. The number of benzene rings is 1. The van der Waals surface area contributed by atoms with Gasteiger partial charge >= 0.3 is 0 Å². The van der Waals surface area contributed by atoms with Gasteiger partial charge in [0, 0.05) is 51.6 Å². The number of carbonyl (C=O) groups excluding carboxylic acids is 1. The Hall–Kier alpha value is -2.55. The van der Waals surface area contributed by atoms with Crippen molar-refractivity contribution in [2.24, 2.45) is 0 Å². The normalized spacial score (nSPS) is 15.5. The van der Waals surface area contributed by atoms with E-state index in [-0.39, 0.29) is 17.2 Å². The average Bonchev–Trinajstić information content (AvgIpc) is 2.69. The van der Waals surface area contributed by atoms with Gasteiger partial charge in [-0.15, -0.1) is 0 Å². The van der Waals surface area contributed by atoms with Crippen molar-refractivity contribution in [3.05, 3.63) is 58.0 Å². The Morgan fingerprint density at radius 1 is 1.18 bits per heavy atom. The van der Waals surface area contributed by atoms with E-state index in [9.17, 15) is 9.59 Å². The monoisotopic (exact) mass is 385 g/mol. The lowest BCUT2D eigenvalue weighted by Crippen LogP contribution is -2.43. The van der Waals surface area contributed by atoms with Crippen LogP contribution < -0.4 is 10.9 Å². The van der Waals surface area contributed by atoms with Crippen LogP contribution in [-0.4, -0.2) is 72.4 Å². The molecule has 0 radical (unpaired) electrons. The molecule has 0 bridgehead atoms. The third-order valence-electron chi connectivity index (χ3n) is 4.79. The Morgan fingerprint density at radius 3 is 2.71 bits per heavy atom. The van der Waals surface area contributed by atoms with Crippen molar-refractivity contribution in [3.63, 3.8) is 0 Å². The largest absolute Gasteiger partial charge is 0.383 e. The topological polar surface area (TPSA) is 79.7 Å². The van der Waals surface area contributed by atoms with Crippen molar-refractivity contribution in [1.82, 2.24) is 19.6 Å². The Morgan fingerprint density at radius 2 is 1.96 bits per heavy atom. The van der Waals surface area contributed by atoms with Crippen LogP contribution in [0.2, 0.25) is 0 Å². The van der Waals surface area contributed by atoms with Gasteiger partial charge in [0.25, 0.3) is 11.5 Å². The third-order valence-corrected chi connectivity index (χ3v) is 4.79. The molecule has 0 atom stereocenters. The summed E-state index contributed by atoms with van der Waals surface area (Å²) in [5.74, 6) is -0.345. The van der Waals surface area contributed by atoms with Gasteiger partial charge in [-0.25, -0.2) is 4.68 Å². The molecule has 2 aromatic rings. The van der Waals surface area contributed by atoms with Gasteiger partial charge < -0.3 is 15.0 Å². The highest BCUT2D eigenvalue weighted by atomic mass is 16.5. The first-order chi connectivity index (χ1) is 13.5. The fourth-order valence-corrected chi connectivity index (χ4v) is 3.11. The van der Waals surface area contributed by atoms with Crippen molar-refractivity contribution in [1.29, 1.82) is 0 Å². The molecule has 1 fully saturated rings. The predicted octanol–water partition coefficient (Wildman–Crippen LogP) is 0.889. The molecule has 1 N–H and O–H groups in total. The van der Waals surface area contributed by atoms with E-state index in [1.54, 1.807) is 7.11 Å². The van der Waals surface area contributed by atoms with Gasteiger partial charge in [-0.05, 0) is 30.8 Å². The Balaban J connectivity index is 1.65. The average molecular weight is 385 g/mol.